The normalized spacial score (nSPS) is 21.9. The Balaban J connectivity index is 1.82. The summed E-state index contributed by atoms with van der Waals surface area (Å²) in [5, 5.41) is 0. The first-order valence-electron chi connectivity index (χ1n) is 8.32. The molecule has 2 aromatic carbocycles. The molecule has 1 heterocycles. The Morgan fingerprint density at radius 2 is 1.75 bits per heavy atom. The zero-order valence-corrected chi connectivity index (χ0v) is 16.6. The molecule has 3 nitrogen and oxygen atoms in total. The summed E-state index contributed by atoms with van der Waals surface area (Å²) in [5.74, 6) is 0. The van der Waals surface area contributed by atoms with Crippen molar-refractivity contribution in [2.24, 2.45) is 0 Å². The summed E-state index contributed by atoms with van der Waals surface area (Å²) in [7, 11) is -3.40. The van der Waals surface area contributed by atoms with Gasteiger partial charge in [0.1, 0.15) is 0 Å². The van der Waals surface area contributed by atoms with Gasteiger partial charge >= 0.3 is 151 Å². The summed E-state index contributed by atoms with van der Waals surface area (Å²) in [6, 6.07) is 17.8. The number of hydrogen-bond donors (Lipinski definition) is 0. The van der Waals surface area contributed by atoms with Crippen LogP contribution in [0.1, 0.15) is 25.3 Å². The third kappa shape index (κ3) is 3.60. The van der Waals surface area contributed by atoms with Crippen LogP contribution in [0.4, 0.5) is 0 Å². The minimum absolute atomic E-state index is 0.108. The van der Waals surface area contributed by atoms with Gasteiger partial charge in [-0.1, -0.05) is 0 Å². The molecule has 0 amide bonds. The molecule has 2 aromatic rings. The fourth-order valence-electron chi connectivity index (χ4n) is 3.22. The summed E-state index contributed by atoms with van der Waals surface area (Å²) >= 11 is 0.305. The van der Waals surface area contributed by atoms with Crippen molar-refractivity contribution in [2.75, 3.05) is 6.54 Å². The summed E-state index contributed by atoms with van der Waals surface area (Å²) in [6.07, 6.45) is 1.82. The van der Waals surface area contributed by atoms with E-state index in [9.17, 15) is 8.42 Å². The van der Waals surface area contributed by atoms with Crippen molar-refractivity contribution in [1.29, 1.82) is 0 Å². The Morgan fingerprint density at radius 3 is 2.38 bits per heavy atom. The van der Waals surface area contributed by atoms with E-state index in [-0.39, 0.29) is 6.04 Å². The predicted molar refractivity (Wildman–Crippen MR) is 99.3 cm³/mol. The molecule has 1 aliphatic rings. The van der Waals surface area contributed by atoms with E-state index in [2.05, 4.69) is 31.2 Å². The average Bonchev–Trinajstić information content (AvgIpc) is 2.99. The van der Waals surface area contributed by atoms with Crippen LogP contribution >= 0.6 is 0 Å². The molecule has 0 aromatic heterocycles. The van der Waals surface area contributed by atoms with Crippen molar-refractivity contribution in [3.8, 4) is 0 Å². The number of benzene rings is 2. The monoisotopic (exact) mass is 409 g/mol. The van der Waals surface area contributed by atoms with Crippen LogP contribution in [0.3, 0.4) is 0 Å². The Hall–Kier alpha value is -1.13. The van der Waals surface area contributed by atoms with Gasteiger partial charge in [0.05, 0.1) is 0 Å². The van der Waals surface area contributed by atoms with Gasteiger partial charge in [0.15, 0.2) is 0 Å². The van der Waals surface area contributed by atoms with E-state index in [0.29, 0.717) is 31.2 Å². The van der Waals surface area contributed by atoms with Gasteiger partial charge in [-0.15, -0.1) is 0 Å². The van der Waals surface area contributed by atoms with E-state index < -0.39 is 10.0 Å². The first kappa shape index (κ1) is 17.7. The van der Waals surface area contributed by atoms with Crippen LogP contribution in [0, 0.1) is 6.92 Å². The number of sulfonamides is 1. The van der Waals surface area contributed by atoms with Gasteiger partial charge in [-0.3, -0.25) is 0 Å². The van der Waals surface area contributed by atoms with Crippen molar-refractivity contribution >= 4 is 29.4 Å². The maximum atomic E-state index is 13.0. The van der Waals surface area contributed by atoms with Gasteiger partial charge < -0.3 is 0 Å². The van der Waals surface area contributed by atoms with Crippen LogP contribution < -0.4 is 4.46 Å². The molecule has 0 aliphatic carbocycles. The minimum atomic E-state index is -3.40. The van der Waals surface area contributed by atoms with E-state index in [1.165, 1.54) is 4.46 Å². The first-order valence-corrected chi connectivity index (χ1v) is 11.6. The Labute approximate surface area is 151 Å². The Bertz CT molecular complexity index is 775. The summed E-state index contributed by atoms with van der Waals surface area (Å²) < 4.78 is 29.2. The molecule has 24 heavy (non-hydrogen) atoms. The van der Waals surface area contributed by atoms with Crippen LogP contribution in [0.15, 0.2) is 59.5 Å². The van der Waals surface area contributed by atoms with Crippen LogP contribution in [0.2, 0.25) is 4.82 Å². The molecule has 0 unspecified atom stereocenters. The molecular formula is C19H23NO2SSe. The van der Waals surface area contributed by atoms with Gasteiger partial charge in [0.25, 0.3) is 0 Å². The van der Waals surface area contributed by atoms with Crippen molar-refractivity contribution in [3.05, 3.63) is 60.2 Å². The van der Waals surface area contributed by atoms with Crippen LogP contribution in [0.5, 0.6) is 0 Å². The average molecular weight is 408 g/mol. The van der Waals surface area contributed by atoms with E-state index in [4.69, 9.17) is 0 Å². The molecule has 0 spiro atoms. The van der Waals surface area contributed by atoms with Gasteiger partial charge in [-0.05, 0) is 0 Å². The van der Waals surface area contributed by atoms with Crippen LogP contribution in [0.25, 0.3) is 0 Å². The van der Waals surface area contributed by atoms with E-state index in [0.717, 1.165) is 18.4 Å². The SMILES string of the molecule is CC[C@H]1[C@H]([Se]c2ccccc2)CCN1S(=O)(=O)c1ccc(C)cc1. The van der Waals surface area contributed by atoms with Crippen molar-refractivity contribution in [3.63, 3.8) is 0 Å². The van der Waals surface area contributed by atoms with E-state index >= 15 is 0 Å². The molecule has 5 heteroatoms. The first-order chi connectivity index (χ1) is 11.5. The second-order valence-corrected chi connectivity index (χ2v) is 10.8. The maximum absolute atomic E-state index is 13.0. The molecule has 0 saturated carbocycles. The van der Waals surface area contributed by atoms with E-state index in [1.807, 2.05) is 25.1 Å². The van der Waals surface area contributed by atoms with Gasteiger partial charge in [-0.2, -0.15) is 0 Å². The molecule has 3 rings (SSSR count). The molecular weight excluding hydrogens is 385 g/mol. The molecule has 0 N–H and O–H groups in total. The number of aryl methyl sites for hydroxylation is 1. The third-order valence-corrected chi connectivity index (χ3v) is 9.38. The summed E-state index contributed by atoms with van der Waals surface area (Å²) in [5.41, 5.74) is 1.08. The quantitative estimate of drug-likeness (QED) is 0.714. The fraction of sp³-hybridized carbons (Fsp3) is 0.368. The Morgan fingerprint density at radius 1 is 1.08 bits per heavy atom. The van der Waals surface area contributed by atoms with Crippen molar-refractivity contribution in [2.45, 2.75) is 42.4 Å². The molecule has 1 saturated heterocycles. The molecule has 1 fully saturated rings. The molecule has 1 aliphatic heterocycles. The van der Waals surface area contributed by atoms with Crippen LogP contribution in [-0.2, 0) is 10.0 Å². The number of nitrogens with zero attached hydrogens (tertiary/aromatic N) is 1. The topological polar surface area (TPSA) is 37.4 Å². The van der Waals surface area contributed by atoms with Gasteiger partial charge in [-0.25, -0.2) is 0 Å². The number of rotatable bonds is 5. The summed E-state index contributed by atoms with van der Waals surface area (Å²) in [4.78, 5) is 0.865. The zero-order chi connectivity index (χ0) is 17.2. The van der Waals surface area contributed by atoms with Gasteiger partial charge in [0.2, 0.25) is 0 Å². The summed E-state index contributed by atoms with van der Waals surface area (Å²) in [6.45, 7) is 4.70. The Kier molecular flexibility index (Phi) is 5.46. The van der Waals surface area contributed by atoms with Crippen molar-refractivity contribution < 1.29 is 8.42 Å². The molecule has 0 radical (unpaired) electrons. The molecule has 0 bridgehead atoms. The van der Waals surface area contributed by atoms with Crippen molar-refractivity contribution in [1.82, 2.24) is 4.31 Å². The second-order valence-electron chi connectivity index (χ2n) is 6.16. The van der Waals surface area contributed by atoms with Crippen LogP contribution in [-0.4, -0.2) is 40.3 Å². The van der Waals surface area contributed by atoms with E-state index in [1.54, 1.807) is 16.4 Å². The standard InChI is InChI=1S/C19H23NO2SSe/c1-3-18-19(24-17-7-5-4-6-8-17)13-14-20(18)23(21,22)16-11-9-15(2)10-12-16/h4-12,18-19H,3,13-14H2,1-2H3/t18-,19+/m0/s1. The number of hydrogen-bond acceptors (Lipinski definition) is 2. The fourth-order valence-corrected chi connectivity index (χ4v) is 8.05. The predicted octanol–water partition coefficient (Wildman–Crippen LogP) is 2.99. The molecule has 128 valence electrons. The van der Waals surface area contributed by atoms with Gasteiger partial charge in [0, 0.05) is 0 Å². The third-order valence-electron chi connectivity index (χ3n) is 4.51. The second kappa shape index (κ2) is 7.40. The molecule has 2 atom stereocenters. The zero-order valence-electron chi connectivity index (χ0n) is 14.1.